The normalized spacial score (nSPS) is 22.4. The first-order valence-electron chi connectivity index (χ1n) is 12.1. The molecule has 10 heteroatoms. The predicted molar refractivity (Wildman–Crippen MR) is 130 cm³/mol. The molecular formula is C24H39N3O6S. The topological polar surface area (TPSA) is 97.4 Å². The van der Waals surface area contributed by atoms with Gasteiger partial charge in [-0.1, -0.05) is 13.8 Å². The van der Waals surface area contributed by atoms with Crippen molar-refractivity contribution >= 4 is 15.9 Å². The van der Waals surface area contributed by atoms with Crippen molar-refractivity contribution < 1.29 is 27.4 Å². The van der Waals surface area contributed by atoms with Crippen LogP contribution in [0.15, 0.2) is 17.0 Å². The lowest BCUT2D eigenvalue weighted by Gasteiger charge is -2.34. The molecule has 1 aromatic rings. The van der Waals surface area contributed by atoms with Crippen molar-refractivity contribution in [3.05, 3.63) is 17.7 Å². The Morgan fingerprint density at radius 3 is 2.38 bits per heavy atom. The number of morpholine rings is 1. The maximum Gasteiger partial charge on any atom is 0.255 e. The summed E-state index contributed by atoms with van der Waals surface area (Å²) in [6, 6.07) is 2.78. The van der Waals surface area contributed by atoms with Crippen molar-refractivity contribution in [2.24, 2.45) is 11.8 Å². The van der Waals surface area contributed by atoms with Crippen LogP contribution in [0.3, 0.4) is 0 Å². The molecule has 2 aliphatic rings. The number of hydrogen-bond donors (Lipinski definition) is 1. The smallest absolute Gasteiger partial charge is 0.255 e. The molecule has 2 unspecified atom stereocenters. The Morgan fingerprint density at radius 2 is 1.76 bits per heavy atom. The van der Waals surface area contributed by atoms with Crippen LogP contribution in [0.5, 0.6) is 11.5 Å². The van der Waals surface area contributed by atoms with Crippen LogP contribution in [-0.2, 0) is 14.8 Å². The van der Waals surface area contributed by atoms with E-state index in [1.807, 2.05) is 0 Å². The molecular weight excluding hydrogens is 458 g/mol. The molecule has 2 aliphatic heterocycles. The lowest BCUT2D eigenvalue weighted by atomic mass is 9.92. The molecule has 0 radical (unpaired) electrons. The SMILES string of the molecule is COc1cc(S(=O)(=O)N2CCOCC2)cc(C(=O)NCCCCN2CC(C)CC(C)C2)c1OC. The van der Waals surface area contributed by atoms with E-state index in [-0.39, 0.29) is 41.0 Å². The van der Waals surface area contributed by atoms with Crippen LogP contribution in [0, 0.1) is 11.8 Å². The Hall–Kier alpha value is -1.88. The van der Waals surface area contributed by atoms with Crippen LogP contribution in [0.4, 0.5) is 0 Å². The first-order valence-corrected chi connectivity index (χ1v) is 13.5. The lowest BCUT2D eigenvalue weighted by molar-refractivity contribution is 0.0730. The molecule has 2 fully saturated rings. The van der Waals surface area contributed by atoms with Crippen LogP contribution in [-0.4, -0.2) is 90.2 Å². The van der Waals surface area contributed by atoms with Gasteiger partial charge in [0.2, 0.25) is 10.0 Å². The van der Waals surface area contributed by atoms with E-state index in [0.717, 1.165) is 44.3 Å². The van der Waals surface area contributed by atoms with Gasteiger partial charge in [-0.25, -0.2) is 8.42 Å². The minimum Gasteiger partial charge on any atom is -0.493 e. The second-order valence-corrected chi connectivity index (χ2v) is 11.3. The zero-order valence-corrected chi connectivity index (χ0v) is 21.7. The number of benzene rings is 1. The number of carbonyl (C=O) groups excluding carboxylic acids is 1. The van der Waals surface area contributed by atoms with Crippen LogP contribution < -0.4 is 14.8 Å². The molecule has 0 spiro atoms. The Bertz CT molecular complexity index is 923. The summed E-state index contributed by atoms with van der Waals surface area (Å²) in [4.78, 5) is 15.5. The molecule has 2 atom stereocenters. The fourth-order valence-electron chi connectivity index (χ4n) is 4.92. The first-order chi connectivity index (χ1) is 16.3. The molecule has 0 aliphatic carbocycles. The quantitative estimate of drug-likeness (QED) is 0.495. The van der Waals surface area contributed by atoms with Crippen molar-refractivity contribution in [3.8, 4) is 11.5 Å². The Morgan fingerprint density at radius 1 is 1.09 bits per heavy atom. The second-order valence-electron chi connectivity index (χ2n) is 9.39. The molecule has 9 nitrogen and oxygen atoms in total. The number of likely N-dealkylation sites (tertiary alicyclic amines) is 1. The number of nitrogens with zero attached hydrogens (tertiary/aromatic N) is 2. The van der Waals surface area contributed by atoms with Crippen LogP contribution in [0.25, 0.3) is 0 Å². The molecule has 3 rings (SSSR count). The number of unbranched alkanes of at least 4 members (excludes halogenated alkanes) is 1. The first kappa shape index (κ1) is 26.7. The zero-order chi connectivity index (χ0) is 24.7. The molecule has 1 amide bonds. The summed E-state index contributed by atoms with van der Waals surface area (Å²) < 4.78 is 43.7. The van der Waals surface area contributed by atoms with Gasteiger partial charge in [0.1, 0.15) is 0 Å². The van der Waals surface area contributed by atoms with E-state index in [1.165, 1.54) is 37.1 Å². The number of piperidine rings is 1. The van der Waals surface area contributed by atoms with Crippen molar-refractivity contribution in [3.63, 3.8) is 0 Å². The number of nitrogens with one attached hydrogen (secondary N) is 1. The van der Waals surface area contributed by atoms with Gasteiger partial charge in [-0.3, -0.25) is 4.79 Å². The number of sulfonamides is 1. The third-order valence-corrected chi connectivity index (χ3v) is 8.31. The fraction of sp³-hybridized carbons (Fsp3) is 0.708. The van der Waals surface area contributed by atoms with Crippen LogP contribution in [0.2, 0.25) is 0 Å². The van der Waals surface area contributed by atoms with Crippen LogP contribution >= 0.6 is 0 Å². The number of hydrogen-bond acceptors (Lipinski definition) is 7. The summed E-state index contributed by atoms with van der Waals surface area (Å²) in [5, 5.41) is 2.92. The number of ether oxygens (including phenoxy) is 3. The molecule has 1 aromatic carbocycles. The summed E-state index contributed by atoms with van der Waals surface area (Å²) in [6.45, 7) is 9.63. The highest BCUT2D eigenvalue weighted by Gasteiger charge is 2.30. The van der Waals surface area contributed by atoms with Crippen LogP contribution in [0.1, 0.15) is 43.5 Å². The number of amides is 1. The average Bonchev–Trinajstić information content (AvgIpc) is 2.82. The predicted octanol–water partition coefficient (Wildman–Crippen LogP) is 2.21. The summed E-state index contributed by atoms with van der Waals surface area (Å²) in [5.74, 6) is 1.50. The van der Waals surface area contributed by atoms with E-state index >= 15 is 0 Å². The van der Waals surface area contributed by atoms with E-state index in [0.29, 0.717) is 19.8 Å². The van der Waals surface area contributed by atoms with E-state index in [4.69, 9.17) is 14.2 Å². The molecule has 0 aromatic heterocycles. The maximum atomic E-state index is 13.2. The highest BCUT2D eigenvalue weighted by Crippen LogP contribution is 2.35. The highest BCUT2D eigenvalue weighted by molar-refractivity contribution is 7.89. The van der Waals surface area contributed by atoms with Gasteiger partial charge in [0.15, 0.2) is 11.5 Å². The standard InChI is InChI=1S/C24H39N3O6S/c1-18-13-19(2)17-26(16-18)8-6-5-7-25-24(28)21-14-20(15-22(31-3)23(21)32-4)34(29,30)27-9-11-33-12-10-27/h14-15,18-19H,5-13,16-17H2,1-4H3,(H,25,28). The Balaban J connectivity index is 1.64. The summed E-state index contributed by atoms with van der Waals surface area (Å²) >= 11 is 0. The maximum absolute atomic E-state index is 13.2. The van der Waals surface area contributed by atoms with Crippen molar-refractivity contribution in [2.45, 2.75) is 38.0 Å². The third kappa shape index (κ3) is 6.62. The van der Waals surface area contributed by atoms with E-state index in [9.17, 15) is 13.2 Å². The largest absolute Gasteiger partial charge is 0.493 e. The Kier molecular flexibility index (Phi) is 9.58. The van der Waals surface area contributed by atoms with Gasteiger partial charge in [-0.2, -0.15) is 4.31 Å². The molecule has 34 heavy (non-hydrogen) atoms. The fourth-order valence-corrected chi connectivity index (χ4v) is 6.38. The minimum absolute atomic E-state index is 0.00513. The minimum atomic E-state index is -3.79. The lowest BCUT2D eigenvalue weighted by Crippen LogP contribution is -2.40. The third-order valence-electron chi connectivity index (χ3n) is 6.44. The Labute approximate surface area is 203 Å². The average molecular weight is 498 g/mol. The van der Waals surface area contributed by atoms with Gasteiger partial charge in [0.05, 0.1) is 37.9 Å². The number of rotatable bonds is 10. The summed E-state index contributed by atoms with van der Waals surface area (Å²) in [5.41, 5.74) is 0.146. The monoisotopic (exact) mass is 497 g/mol. The van der Waals surface area contributed by atoms with E-state index < -0.39 is 10.0 Å². The molecule has 1 N–H and O–H groups in total. The highest BCUT2D eigenvalue weighted by atomic mass is 32.2. The van der Waals surface area contributed by atoms with Gasteiger partial charge in [-0.15, -0.1) is 0 Å². The summed E-state index contributed by atoms with van der Waals surface area (Å²) in [7, 11) is -0.935. The zero-order valence-electron chi connectivity index (χ0n) is 20.8. The molecule has 2 heterocycles. The molecule has 0 saturated carbocycles. The molecule has 192 valence electrons. The van der Waals surface area contributed by atoms with Gasteiger partial charge < -0.3 is 24.4 Å². The van der Waals surface area contributed by atoms with Gasteiger partial charge in [-0.05, 0) is 43.7 Å². The van der Waals surface area contributed by atoms with E-state index in [2.05, 4.69) is 24.1 Å². The molecule has 2 saturated heterocycles. The van der Waals surface area contributed by atoms with Gasteiger partial charge in [0.25, 0.3) is 5.91 Å². The summed E-state index contributed by atoms with van der Waals surface area (Å²) in [6.07, 6.45) is 3.13. The molecule has 0 bridgehead atoms. The number of methoxy groups -OCH3 is 2. The van der Waals surface area contributed by atoms with Crippen molar-refractivity contribution in [1.82, 2.24) is 14.5 Å². The van der Waals surface area contributed by atoms with Crippen molar-refractivity contribution in [1.29, 1.82) is 0 Å². The van der Waals surface area contributed by atoms with Crippen molar-refractivity contribution in [2.75, 3.05) is 66.7 Å². The van der Waals surface area contributed by atoms with Gasteiger partial charge >= 0.3 is 0 Å². The van der Waals surface area contributed by atoms with E-state index in [1.54, 1.807) is 0 Å². The number of carbonyl (C=O) groups is 1. The second kappa shape index (κ2) is 12.2. The van der Waals surface area contributed by atoms with Gasteiger partial charge in [0, 0.05) is 38.8 Å².